The van der Waals surface area contributed by atoms with Crippen LogP contribution in [0.5, 0.6) is 11.5 Å². The lowest BCUT2D eigenvalue weighted by molar-refractivity contribution is -0.384. The molecule has 1 heterocycles. The fourth-order valence-corrected chi connectivity index (χ4v) is 3.47. The first-order chi connectivity index (χ1) is 14.9. The molecular weight excluding hydrogens is 444 g/mol. The number of ether oxygens (including phenoxy) is 2. The zero-order chi connectivity index (χ0) is 22.4. The van der Waals surface area contributed by atoms with Crippen LogP contribution in [0.15, 0.2) is 47.6 Å². The van der Waals surface area contributed by atoms with E-state index in [4.69, 9.17) is 21.7 Å². The molecule has 2 amide bonds. The molecule has 0 aromatic heterocycles. The van der Waals surface area contributed by atoms with Gasteiger partial charge < -0.3 is 14.8 Å². The van der Waals surface area contributed by atoms with Crippen molar-refractivity contribution in [3.63, 3.8) is 0 Å². The Balaban J connectivity index is 1.62. The van der Waals surface area contributed by atoms with E-state index >= 15 is 0 Å². The highest BCUT2D eigenvalue weighted by molar-refractivity contribution is 8.23. The number of hydrogen-bond acceptors (Lipinski definition) is 9. The molecule has 0 aliphatic carbocycles. The second kappa shape index (κ2) is 10.00. The highest BCUT2D eigenvalue weighted by Gasteiger charge is 2.26. The minimum atomic E-state index is -0.548. The van der Waals surface area contributed by atoms with Gasteiger partial charge >= 0.3 is 0 Å². The normalized spacial score (nSPS) is 13.5. The van der Waals surface area contributed by atoms with E-state index in [1.165, 1.54) is 49.4 Å². The lowest BCUT2D eigenvalue weighted by Gasteiger charge is -2.12. The van der Waals surface area contributed by atoms with Gasteiger partial charge in [0.2, 0.25) is 0 Å². The fraction of sp³-hybridized carbons (Fsp3) is 0.158. The van der Waals surface area contributed by atoms with Crippen LogP contribution in [0.4, 0.5) is 11.4 Å². The molecule has 160 valence electrons. The summed E-state index contributed by atoms with van der Waals surface area (Å²) in [5.41, 5.74) is 0.791. The van der Waals surface area contributed by atoms with E-state index in [-0.39, 0.29) is 29.6 Å². The molecule has 1 saturated heterocycles. The number of thiocarbonyl (C=S) groups is 1. The van der Waals surface area contributed by atoms with Crippen molar-refractivity contribution in [3.05, 3.63) is 58.1 Å². The van der Waals surface area contributed by atoms with E-state index in [0.717, 1.165) is 5.01 Å². The molecule has 1 fully saturated rings. The number of non-ortho nitro benzene ring substituents is 1. The van der Waals surface area contributed by atoms with Gasteiger partial charge in [-0.3, -0.25) is 19.7 Å². The maximum atomic E-state index is 12.1. The number of methoxy groups -OCH3 is 1. The topological polar surface area (TPSA) is 123 Å². The zero-order valence-electron chi connectivity index (χ0n) is 16.1. The van der Waals surface area contributed by atoms with E-state index in [1.807, 2.05) is 0 Å². The number of carbonyl (C=O) groups is 2. The number of rotatable bonds is 8. The van der Waals surface area contributed by atoms with E-state index in [2.05, 4.69) is 10.4 Å². The summed E-state index contributed by atoms with van der Waals surface area (Å²) in [6, 6.07) is 10.5. The summed E-state index contributed by atoms with van der Waals surface area (Å²) in [7, 11) is 1.45. The number of hydrazone groups is 1. The standard InChI is InChI=1S/C19H16N4O6S2/c1-28-16-7-12(9-20-22-18(25)11-31-19(22)30)5-6-15(16)29-10-17(24)21-13-3-2-4-14(8-13)23(26)27/h2-9H,10-11H2,1H3,(H,21,24)/b20-9-. The van der Waals surface area contributed by atoms with Crippen molar-refractivity contribution in [1.29, 1.82) is 0 Å². The van der Waals surface area contributed by atoms with Crippen molar-refractivity contribution < 1.29 is 24.0 Å². The Bertz CT molecular complexity index is 1060. The number of nitrogens with zero attached hydrogens (tertiary/aromatic N) is 3. The molecule has 0 unspecified atom stereocenters. The van der Waals surface area contributed by atoms with Crippen LogP contribution in [0.2, 0.25) is 0 Å². The van der Waals surface area contributed by atoms with Crippen molar-refractivity contribution in [2.45, 2.75) is 0 Å². The Morgan fingerprint density at radius 2 is 2.16 bits per heavy atom. The van der Waals surface area contributed by atoms with Gasteiger partial charge in [-0.25, -0.2) is 0 Å². The molecule has 2 aromatic carbocycles. The van der Waals surface area contributed by atoms with Crippen LogP contribution in [0.25, 0.3) is 0 Å². The molecular formula is C19H16N4O6S2. The van der Waals surface area contributed by atoms with Crippen LogP contribution < -0.4 is 14.8 Å². The highest BCUT2D eigenvalue weighted by Crippen LogP contribution is 2.28. The van der Waals surface area contributed by atoms with E-state index in [1.54, 1.807) is 18.2 Å². The lowest BCUT2D eigenvalue weighted by Crippen LogP contribution is -2.22. The van der Waals surface area contributed by atoms with Gasteiger partial charge in [-0.1, -0.05) is 30.0 Å². The van der Waals surface area contributed by atoms with Gasteiger partial charge in [0.1, 0.15) is 0 Å². The first-order valence-corrected chi connectivity index (χ1v) is 10.2. The molecule has 0 atom stereocenters. The predicted molar refractivity (Wildman–Crippen MR) is 120 cm³/mol. The molecule has 0 bridgehead atoms. The maximum absolute atomic E-state index is 12.1. The van der Waals surface area contributed by atoms with Gasteiger partial charge in [-0.15, -0.1) is 0 Å². The van der Waals surface area contributed by atoms with Crippen molar-refractivity contribution in [2.75, 3.05) is 24.8 Å². The van der Waals surface area contributed by atoms with Gasteiger partial charge in [-0.2, -0.15) is 10.1 Å². The average Bonchev–Trinajstić information content (AvgIpc) is 3.08. The molecule has 3 rings (SSSR count). The fourth-order valence-electron chi connectivity index (χ4n) is 2.50. The third-order valence-corrected chi connectivity index (χ3v) is 5.28. The number of amides is 2. The van der Waals surface area contributed by atoms with Crippen LogP contribution >= 0.6 is 24.0 Å². The van der Waals surface area contributed by atoms with E-state index < -0.39 is 10.8 Å². The zero-order valence-corrected chi connectivity index (χ0v) is 17.8. The maximum Gasteiger partial charge on any atom is 0.271 e. The molecule has 2 aromatic rings. The minimum Gasteiger partial charge on any atom is -0.493 e. The quantitative estimate of drug-likeness (QED) is 0.276. The Labute approximate surface area is 186 Å². The number of benzene rings is 2. The monoisotopic (exact) mass is 460 g/mol. The third kappa shape index (κ3) is 5.77. The number of thioether (sulfide) groups is 1. The molecule has 1 aliphatic rings. The predicted octanol–water partition coefficient (Wildman–Crippen LogP) is 2.82. The highest BCUT2D eigenvalue weighted by atomic mass is 32.2. The number of anilines is 1. The number of carbonyl (C=O) groups excluding carboxylic acids is 2. The number of nitro groups is 1. The Hall–Kier alpha value is -3.51. The second-order valence-corrected chi connectivity index (χ2v) is 7.67. The molecule has 0 radical (unpaired) electrons. The third-order valence-electron chi connectivity index (χ3n) is 3.94. The van der Waals surface area contributed by atoms with Crippen LogP contribution in [0.3, 0.4) is 0 Å². The molecule has 31 heavy (non-hydrogen) atoms. The summed E-state index contributed by atoms with van der Waals surface area (Å²) in [6.07, 6.45) is 1.47. The van der Waals surface area contributed by atoms with Crippen LogP contribution in [-0.2, 0) is 9.59 Å². The molecule has 12 heteroatoms. The molecule has 1 aliphatic heterocycles. The van der Waals surface area contributed by atoms with Gasteiger partial charge in [-0.05, 0) is 29.8 Å². The second-order valence-electron chi connectivity index (χ2n) is 6.06. The first-order valence-electron chi connectivity index (χ1n) is 8.76. The van der Waals surface area contributed by atoms with E-state index in [9.17, 15) is 19.7 Å². The van der Waals surface area contributed by atoms with Crippen molar-refractivity contribution in [1.82, 2.24) is 5.01 Å². The number of nitro benzene ring substituents is 1. The molecule has 10 nitrogen and oxygen atoms in total. The van der Waals surface area contributed by atoms with Crippen LogP contribution in [-0.4, -0.2) is 51.8 Å². The van der Waals surface area contributed by atoms with Gasteiger partial charge in [0.25, 0.3) is 17.5 Å². The summed E-state index contributed by atoms with van der Waals surface area (Å²) in [5.74, 6) is 0.263. The SMILES string of the molecule is COc1cc(/C=N\N2C(=O)CSC2=S)ccc1OCC(=O)Nc1cccc([N+](=O)[O-])c1. The number of nitrogens with one attached hydrogen (secondary N) is 1. The van der Waals surface area contributed by atoms with Gasteiger partial charge in [0.05, 0.1) is 24.0 Å². The smallest absolute Gasteiger partial charge is 0.271 e. The van der Waals surface area contributed by atoms with Crippen molar-refractivity contribution >= 4 is 57.7 Å². The first kappa shape index (κ1) is 22.2. The van der Waals surface area contributed by atoms with Crippen molar-refractivity contribution in [3.8, 4) is 11.5 Å². The van der Waals surface area contributed by atoms with Crippen LogP contribution in [0, 0.1) is 10.1 Å². The van der Waals surface area contributed by atoms with Gasteiger partial charge in [0, 0.05) is 17.8 Å². The van der Waals surface area contributed by atoms with Crippen molar-refractivity contribution in [2.24, 2.45) is 5.10 Å². The number of hydrogen-bond donors (Lipinski definition) is 1. The largest absolute Gasteiger partial charge is 0.493 e. The lowest BCUT2D eigenvalue weighted by atomic mass is 10.2. The Morgan fingerprint density at radius 1 is 1.35 bits per heavy atom. The summed E-state index contributed by atoms with van der Waals surface area (Å²) < 4.78 is 11.2. The van der Waals surface area contributed by atoms with Gasteiger partial charge in [0.15, 0.2) is 22.4 Å². The minimum absolute atomic E-state index is 0.132. The van der Waals surface area contributed by atoms with E-state index in [0.29, 0.717) is 21.4 Å². The Kier molecular flexibility index (Phi) is 7.15. The average molecular weight is 460 g/mol. The summed E-state index contributed by atoms with van der Waals surface area (Å²) in [4.78, 5) is 34.1. The molecule has 0 saturated carbocycles. The van der Waals surface area contributed by atoms with Crippen LogP contribution in [0.1, 0.15) is 5.56 Å². The molecule has 1 N–H and O–H groups in total. The molecule has 0 spiro atoms. The summed E-state index contributed by atoms with van der Waals surface area (Å²) in [5, 5.41) is 18.6. The summed E-state index contributed by atoms with van der Waals surface area (Å²) >= 11 is 6.32. The Morgan fingerprint density at radius 3 is 2.84 bits per heavy atom. The summed E-state index contributed by atoms with van der Waals surface area (Å²) in [6.45, 7) is -0.333.